The van der Waals surface area contributed by atoms with Gasteiger partial charge in [-0.1, -0.05) is 13.8 Å². The first-order valence-corrected chi connectivity index (χ1v) is 5.54. The molecule has 2 bridgehead atoms. The first-order valence-electron chi connectivity index (χ1n) is 5.54. The van der Waals surface area contributed by atoms with Gasteiger partial charge in [0.1, 0.15) is 6.10 Å². The lowest BCUT2D eigenvalue weighted by Gasteiger charge is -2.28. The monoisotopic (exact) mass is 228 g/mol. The molecular formula is C11H16O5. The van der Waals surface area contributed by atoms with Gasteiger partial charge in [-0.15, -0.1) is 0 Å². The molecule has 2 aliphatic heterocycles. The van der Waals surface area contributed by atoms with Crippen molar-refractivity contribution in [2.45, 2.75) is 51.6 Å². The Morgan fingerprint density at radius 1 is 1.50 bits per heavy atom. The molecule has 0 aromatic rings. The number of esters is 2. The maximum Gasteiger partial charge on any atom is 0.309 e. The highest BCUT2D eigenvalue weighted by molar-refractivity contribution is 5.74. The molecule has 0 saturated carbocycles. The van der Waals surface area contributed by atoms with Crippen LogP contribution in [0, 0.1) is 5.92 Å². The summed E-state index contributed by atoms with van der Waals surface area (Å²) in [6.07, 6.45) is -1.28. The van der Waals surface area contributed by atoms with Crippen LogP contribution in [0.25, 0.3) is 0 Å². The first-order chi connectivity index (χ1) is 7.49. The van der Waals surface area contributed by atoms with E-state index >= 15 is 0 Å². The summed E-state index contributed by atoms with van der Waals surface area (Å²) < 4.78 is 16.0. The molecule has 5 nitrogen and oxygen atoms in total. The van der Waals surface area contributed by atoms with Gasteiger partial charge in [-0.2, -0.15) is 0 Å². The fraction of sp³-hybridized carbons (Fsp3) is 0.818. The zero-order chi connectivity index (χ0) is 11.9. The topological polar surface area (TPSA) is 61.8 Å². The molecule has 2 heterocycles. The Labute approximate surface area is 94.0 Å². The summed E-state index contributed by atoms with van der Waals surface area (Å²) in [7, 11) is 0. The van der Waals surface area contributed by atoms with Gasteiger partial charge in [-0.25, -0.2) is 0 Å². The molecule has 0 aromatic carbocycles. The van der Waals surface area contributed by atoms with Crippen LogP contribution in [0.2, 0.25) is 0 Å². The van der Waals surface area contributed by atoms with Crippen molar-refractivity contribution in [2.75, 3.05) is 0 Å². The Morgan fingerprint density at radius 2 is 2.19 bits per heavy atom. The fourth-order valence-corrected chi connectivity index (χ4v) is 2.01. The predicted molar refractivity (Wildman–Crippen MR) is 53.6 cm³/mol. The maximum atomic E-state index is 11.5. The molecule has 0 amide bonds. The second-order valence-corrected chi connectivity index (χ2v) is 4.59. The van der Waals surface area contributed by atoms with Gasteiger partial charge >= 0.3 is 11.9 Å². The molecule has 0 aromatic heterocycles. The Bertz CT molecular complexity index is 311. The van der Waals surface area contributed by atoms with Crippen molar-refractivity contribution in [2.24, 2.45) is 5.92 Å². The third kappa shape index (κ3) is 1.91. The van der Waals surface area contributed by atoms with Gasteiger partial charge in [-0.05, 0) is 6.92 Å². The quantitative estimate of drug-likeness (QED) is 0.650. The second-order valence-electron chi connectivity index (χ2n) is 4.59. The van der Waals surface area contributed by atoms with Crippen LogP contribution in [0.3, 0.4) is 0 Å². The average Bonchev–Trinajstić information content (AvgIpc) is 2.38. The highest BCUT2D eigenvalue weighted by atomic mass is 16.6. The lowest BCUT2D eigenvalue weighted by molar-refractivity contribution is -0.177. The number of rotatable bonds is 2. The molecule has 4 unspecified atom stereocenters. The van der Waals surface area contributed by atoms with Gasteiger partial charge in [0, 0.05) is 0 Å². The van der Waals surface area contributed by atoms with E-state index in [1.54, 1.807) is 13.8 Å². The van der Waals surface area contributed by atoms with Crippen LogP contribution in [-0.2, 0) is 23.8 Å². The molecule has 0 aliphatic carbocycles. The summed E-state index contributed by atoms with van der Waals surface area (Å²) in [5, 5.41) is 0. The van der Waals surface area contributed by atoms with E-state index in [9.17, 15) is 9.59 Å². The zero-order valence-electron chi connectivity index (χ0n) is 9.64. The third-order valence-corrected chi connectivity index (χ3v) is 2.90. The van der Waals surface area contributed by atoms with Gasteiger partial charge in [0.25, 0.3) is 0 Å². The molecule has 5 heteroatoms. The molecule has 16 heavy (non-hydrogen) atoms. The SMILES string of the molecule is CC(C)C(=O)OC1C2CC(=O)OC1C(C)O2. The van der Waals surface area contributed by atoms with E-state index in [1.807, 2.05) is 6.92 Å². The lowest BCUT2D eigenvalue weighted by atomic mass is 10.0. The minimum atomic E-state index is -0.450. The maximum absolute atomic E-state index is 11.5. The molecule has 2 saturated heterocycles. The number of fused-ring (bicyclic) bond motifs is 2. The second kappa shape index (κ2) is 4.05. The van der Waals surface area contributed by atoms with Crippen LogP contribution in [-0.4, -0.2) is 36.4 Å². The largest absolute Gasteiger partial charge is 0.455 e. The van der Waals surface area contributed by atoms with Gasteiger partial charge in [0.05, 0.1) is 18.4 Å². The fourth-order valence-electron chi connectivity index (χ4n) is 2.01. The summed E-state index contributed by atoms with van der Waals surface area (Å²) in [4.78, 5) is 22.7. The van der Waals surface area contributed by atoms with Gasteiger partial charge in [-0.3, -0.25) is 9.59 Å². The first kappa shape index (κ1) is 11.4. The number of carbonyl (C=O) groups is 2. The van der Waals surface area contributed by atoms with Crippen LogP contribution in [0.1, 0.15) is 27.2 Å². The highest BCUT2D eigenvalue weighted by Gasteiger charge is 2.52. The minimum Gasteiger partial charge on any atom is -0.455 e. The molecule has 4 atom stereocenters. The van der Waals surface area contributed by atoms with E-state index < -0.39 is 12.2 Å². The molecule has 90 valence electrons. The molecule has 0 radical (unpaired) electrons. The normalized spacial score (nSPS) is 37.4. The van der Waals surface area contributed by atoms with Crippen molar-refractivity contribution >= 4 is 11.9 Å². The molecule has 2 aliphatic rings. The molecule has 2 rings (SSSR count). The van der Waals surface area contributed by atoms with Crippen LogP contribution < -0.4 is 0 Å². The Morgan fingerprint density at radius 3 is 2.75 bits per heavy atom. The van der Waals surface area contributed by atoms with Crippen LogP contribution in [0.5, 0.6) is 0 Å². The van der Waals surface area contributed by atoms with Crippen molar-refractivity contribution in [1.29, 1.82) is 0 Å². The average molecular weight is 228 g/mol. The summed E-state index contributed by atoms with van der Waals surface area (Å²) in [5.74, 6) is -0.751. The van der Waals surface area contributed by atoms with E-state index in [-0.39, 0.29) is 36.5 Å². The van der Waals surface area contributed by atoms with Gasteiger partial charge in [0.15, 0.2) is 12.2 Å². The summed E-state index contributed by atoms with van der Waals surface area (Å²) >= 11 is 0. The summed E-state index contributed by atoms with van der Waals surface area (Å²) in [6.45, 7) is 5.35. The van der Waals surface area contributed by atoms with E-state index in [2.05, 4.69) is 0 Å². The van der Waals surface area contributed by atoms with Gasteiger partial charge < -0.3 is 14.2 Å². The Hall–Kier alpha value is -1.10. The smallest absolute Gasteiger partial charge is 0.309 e. The molecule has 2 fully saturated rings. The lowest BCUT2D eigenvalue weighted by Crippen LogP contribution is -2.45. The standard InChI is InChI=1S/C11H16O5/c1-5(2)11(13)16-10-7-4-8(12)15-9(10)6(3)14-7/h5-7,9-10H,4H2,1-3H3. The number of carbonyl (C=O) groups excluding carboxylic acids is 2. The Balaban J connectivity index is 2.06. The third-order valence-electron chi connectivity index (χ3n) is 2.90. The van der Waals surface area contributed by atoms with Crippen molar-refractivity contribution in [3.05, 3.63) is 0 Å². The molecular weight excluding hydrogens is 212 g/mol. The molecule has 0 N–H and O–H groups in total. The number of hydrogen-bond donors (Lipinski definition) is 0. The van der Waals surface area contributed by atoms with Crippen LogP contribution in [0.4, 0.5) is 0 Å². The van der Waals surface area contributed by atoms with Crippen molar-refractivity contribution in [3.8, 4) is 0 Å². The van der Waals surface area contributed by atoms with E-state index in [0.717, 1.165) is 0 Å². The number of hydrogen-bond acceptors (Lipinski definition) is 5. The van der Waals surface area contributed by atoms with Crippen molar-refractivity contribution < 1.29 is 23.8 Å². The van der Waals surface area contributed by atoms with E-state index in [4.69, 9.17) is 14.2 Å². The Kier molecular flexibility index (Phi) is 2.88. The van der Waals surface area contributed by atoms with Crippen LogP contribution in [0.15, 0.2) is 0 Å². The van der Waals surface area contributed by atoms with E-state index in [0.29, 0.717) is 0 Å². The predicted octanol–water partition coefficient (Wildman–Crippen LogP) is 0.657. The minimum absolute atomic E-state index is 0.164. The van der Waals surface area contributed by atoms with Crippen molar-refractivity contribution in [1.82, 2.24) is 0 Å². The van der Waals surface area contributed by atoms with Crippen LogP contribution >= 0.6 is 0 Å². The molecule has 0 spiro atoms. The highest BCUT2D eigenvalue weighted by Crippen LogP contribution is 2.33. The summed E-state index contributed by atoms with van der Waals surface area (Å²) in [5.41, 5.74) is 0. The van der Waals surface area contributed by atoms with Gasteiger partial charge in [0.2, 0.25) is 0 Å². The summed E-state index contributed by atoms with van der Waals surface area (Å²) in [6, 6.07) is 0. The zero-order valence-corrected chi connectivity index (χ0v) is 9.64. The van der Waals surface area contributed by atoms with Crippen molar-refractivity contribution in [3.63, 3.8) is 0 Å². The van der Waals surface area contributed by atoms with E-state index in [1.165, 1.54) is 0 Å². The number of ether oxygens (including phenoxy) is 3.